The number of nitrogens with two attached hydrogens (primary N) is 1. The molecule has 0 unspecified atom stereocenters. The average molecular weight is 1150 g/mol. The molecular formula is C65H63N7O13. The van der Waals surface area contributed by atoms with E-state index in [1.807, 2.05) is 57.7 Å². The molecule has 0 saturated carbocycles. The fourth-order valence-electron chi connectivity index (χ4n) is 10.4. The number of carbonyl (C=O) groups is 2. The van der Waals surface area contributed by atoms with Crippen LogP contribution in [0.25, 0.3) is 43.6 Å². The van der Waals surface area contributed by atoms with Gasteiger partial charge in [-0.05, 0) is 110 Å². The van der Waals surface area contributed by atoms with E-state index in [0.717, 1.165) is 86.0 Å². The van der Waals surface area contributed by atoms with Gasteiger partial charge in [0.2, 0.25) is 5.43 Å². The van der Waals surface area contributed by atoms with Crippen LogP contribution in [0.3, 0.4) is 0 Å². The molecule has 4 aromatic carbocycles. The standard InChI is InChI=1S/C33H31N3O6.C16H15N3O3.C16H17NO4/c1-39-31-16-25-27(17-32(31)40-2)34-12-9-30(25)42-23-8-7-22(35-18-23)15-29(37)26-20-36(19-21-10-13-41-14-11-21)28-6-4-3-5-24(28)33(26)38;1-20-14-7-11-12(8-15(14)21-2)18-6-5-13(11)22-10-3-4-16(17)19-9-10;18-15-12-3-1-2-4-14(12)17(10-13(15)16(19)20)9-11-5-7-21-8-6-11/h3-9,12,16-18,20-21H,10-11,13-15,19H2,1-2H3;3-9H,1-2H3,(H2,17,19);1-4,10-11H,5-9H2,(H,19,20). The first-order chi connectivity index (χ1) is 41.4. The number of aromatic carboxylic acids is 1. The van der Waals surface area contributed by atoms with Gasteiger partial charge >= 0.3 is 5.97 Å². The number of nitrogen functional groups attached to an aromatic ring is 1. The molecule has 0 amide bonds. The van der Waals surface area contributed by atoms with Crippen LogP contribution in [0, 0.1) is 11.8 Å². The van der Waals surface area contributed by atoms with Gasteiger partial charge in [-0.25, -0.2) is 9.78 Å². The highest BCUT2D eigenvalue weighted by Gasteiger charge is 2.22. The number of hydrogen-bond acceptors (Lipinski definition) is 17. The van der Waals surface area contributed by atoms with Gasteiger partial charge in [0.1, 0.15) is 34.4 Å². The molecule has 12 rings (SSSR count). The van der Waals surface area contributed by atoms with E-state index in [0.29, 0.717) is 92.2 Å². The predicted octanol–water partition coefficient (Wildman–Crippen LogP) is 10.8. The summed E-state index contributed by atoms with van der Waals surface area (Å²) in [6.07, 6.45) is 13.5. The Morgan fingerprint density at radius 3 is 1.44 bits per heavy atom. The molecule has 20 heteroatoms. The molecule has 2 aliphatic rings. The van der Waals surface area contributed by atoms with E-state index in [4.69, 9.17) is 43.6 Å². The van der Waals surface area contributed by atoms with Crippen molar-refractivity contribution in [3.8, 4) is 46.0 Å². The van der Waals surface area contributed by atoms with E-state index in [9.17, 15) is 24.3 Å². The number of carbonyl (C=O) groups excluding carboxylic acids is 1. The molecule has 10 aromatic rings. The van der Waals surface area contributed by atoms with Gasteiger partial charge in [-0.1, -0.05) is 24.3 Å². The van der Waals surface area contributed by atoms with Crippen molar-refractivity contribution in [2.45, 2.75) is 45.2 Å². The Bertz CT molecular complexity index is 4140. The zero-order valence-corrected chi connectivity index (χ0v) is 47.4. The third kappa shape index (κ3) is 13.6. The number of anilines is 1. The summed E-state index contributed by atoms with van der Waals surface area (Å²) in [5, 5.41) is 11.8. The fraction of sp³-hybridized carbons (Fsp3) is 0.262. The normalized spacial score (nSPS) is 13.5. The summed E-state index contributed by atoms with van der Waals surface area (Å²) < 4.78 is 48.2. The fourth-order valence-corrected chi connectivity index (χ4v) is 10.4. The van der Waals surface area contributed by atoms with Crippen LogP contribution in [0.2, 0.25) is 0 Å². The lowest BCUT2D eigenvalue weighted by Crippen LogP contribution is -2.24. The Morgan fingerprint density at radius 1 is 0.541 bits per heavy atom. The van der Waals surface area contributed by atoms with Crippen LogP contribution in [-0.4, -0.2) is 101 Å². The number of nitrogens with zero attached hydrogens (tertiary/aromatic N) is 6. The number of ether oxygens (including phenoxy) is 8. The van der Waals surface area contributed by atoms with Gasteiger partial charge in [0.25, 0.3) is 0 Å². The second-order valence-corrected chi connectivity index (χ2v) is 20.3. The Balaban J connectivity index is 0.000000157. The Hall–Kier alpha value is -9.92. The number of para-hydroxylation sites is 2. The lowest BCUT2D eigenvalue weighted by molar-refractivity contribution is 0.0613. The van der Waals surface area contributed by atoms with Crippen LogP contribution in [0.5, 0.6) is 46.0 Å². The third-order valence-corrected chi connectivity index (χ3v) is 14.9. The lowest BCUT2D eigenvalue weighted by Gasteiger charge is -2.24. The second-order valence-electron chi connectivity index (χ2n) is 20.3. The molecule has 2 aliphatic heterocycles. The maximum Gasteiger partial charge on any atom is 0.341 e. The van der Waals surface area contributed by atoms with Crippen molar-refractivity contribution in [2.24, 2.45) is 11.8 Å². The smallest absolute Gasteiger partial charge is 0.341 e. The monoisotopic (exact) mass is 1150 g/mol. The van der Waals surface area contributed by atoms with Crippen molar-refractivity contribution in [1.82, 2.24) is 29.1 Å². The third-order valence-electron chi connectivity index (χ3n) is 14.9. The summed E-state index contributed by atoms with van der Waals surface area (Å²) in [4.78, 5) is 67.4. The van der Waals surface area contributed by atoms with Gasteiger partial charge in [-0.2, -0.15) is 0 Å². The Labute approximate surface area is 488 Å². The van der Waals surface area contributed by atoms with E-state index in [-0.39, 0.29) is 28.8 Å². The largest absolute Gasteiger partial charge is 0.493 e. The number of benzene rings is 4. The molecule has 85 heavy (non-hydrogen) atoms. The quantitative estimate of drug-likeness (QED) is 0.0853. The SMILES string of the molecule is COc1cc2nccc(Oc3ccc(CC(=O)c4cn(CC5CCOCC5)c5ccccc5c4=O)nc3)c2cc1OC.COc1cc2nccc(Oc3ccc(N)nc3)c2cc1OC.O=C(O)c1cn(CC2CCOCC2)c2ccccc2c1=O. The lowest BCUT2D eigenvalue weighted by atomic mass is 9.99. The van der Waals surface area contributed by atoms with E-state index in [2.05, 4.69) is 19.9 Å². The van der Waals surface area contributed by atoms with E-state index >= 15 is 0 Å². The number of rotatable bonds is 16. The molecule has 2 saturated heterocycles. The molecular weight excluding hydrogens is 1090 g/mol. The molecule has 0 bridgehead atoms. The molecule has 0 aliphatic carbocycles. The molecule has 2 fully saturated rings. The van der Waals surface area contributed by atoms with Crippen molar-refractivity contribution >= 4 is 61.2 Å². The maximum atomic E-state index is 13.4. The number of ketones is 1. The van der Waals surface area contributed by atoms with E-state index in [1.54, 1.807) is 120 Å². The van der Waals surface area contributed by atoms with Gasteiger partial charge in [0.05, 0.1) is 74.9 Å². The topological polar surface area (TPSA) is 250 Å². The minimum atomic E-state index is -1.17. The number of carboxylic acid groups (broad SMARTS) is 1. The summed E-state index contributed by atoms with van der Waals surface area (Å²) in [6, 6.07) is 32.4. The average Bonchev–Trinajstić information content (AvgIpc) is 2.81. The van der Waals surface area contributed by atoms with Crippen molar-refractivity contribution in [1.29, 1.82) is 0 Å². The maximum absolute atomic E-state index is 13.4. The van der Waals surface area contributed by atoms with Crippen LogP contribution >= 0.6 is 0 Å². The van der Waals surface area contributed by atoms with E-state index in [1.165, 1.54) is 6.20 Å². The highest BCUT2D eigenvalue weighted by Crippen LogP contribution is 2.38. The predicted molar refractivity (Wildman–Crippen MR) is 321 cm³/mol. The van der Waals surface area contributed by atoms with Gasteiger partial charge < -0.3 is 57.9 Å². The zero-order valence-electron chi connectivity index (χ0n) is 47.4. The van der Waals surface area contributed by atoms with Crippen LogP contribution in [0.4, 0.5) is 5.82 Å². The number of methoxy groups -OCH3 is 4. The molecule has 20 nitrogen and oxygen atoms in total. The number of aromatic nitrogens is 6. The number of Topliss-reactive ketones (excluding diaryl/α,β-unsaturated/α-hetero) is 1. The summed E-state index contributed by atoms with van der Waals surface area (Å²) in [5.74, 6) is 4.58. The summed E-state index contributed by atoms with van der Waals surface area (Å²) >= 11 is 0. The number of pyridine rings is 6. The molecule has 0 atom stereocenters. The molecule has 0 radical (unpaired) electrons. The second kappa shape index (κ2) is 27.0. The van der Waals surface area contributed by atoms with Crippen molar-refractivity contribution in [2.75, 3.05) is 60.6 Å². The minimum Gasteiger partial charge on any atom is -0.493 e. The first-order valence-electron chi connectivity index (χ1n) is 27.6. The molecule has 436 valence electrons. The summed E-state index contributed by atoms with van der Waals surface area (Å²) in [7, 11) is 6.32. The first kappa shape index (κ1) is 58.3. The minimum absolute atomic E-state index is 0.000307. The van der Waals surface area contributed by atoms with Crippen molar-refractivity contribution in [3.05, 3.63) is 184 Å². The molecule has 0 spiro atoms. The number of fused-ring (bicyclic) bond motifs is 4. The van der Waals surface area contributed by atoms with Crippen molar-refractivity contribution in [3.63, 3.8) is 0 Å². The van der Waals surface area contributed by atoms with Crippen LogP contribution < -0.4 is 45.0 Å². The summed E-state index contributed by atoms with van der Waals surface area (Å²) in [6.45, 7) is 4.41. The highest BCUT2D eigenvalue weighted by atomic mass is 16.5. The van der Waals surface area contributed by atoms with Gasteiger partial charge in [-0.3, -0.25) is 29.3 Å². The Kier molecular flexibility index (Phi) is 18.5. The highest BCUT2D eigenvalue weighted by molar-refractivity contribution is 6.00. The van der Waals surface area contributed by atoms with Gasteiger partial charge in [0, 0.05) is 104 Å². The Morgan fingerprint density at radius 2 is 0.988 bits per heavy atom. The van der Waals surface area contributed by atoms with E-state index < -0.39 is 11.4 Å². The first-order valence-corrected chi connectivity index (χ1v) is 27.6. The number of hydrogen-bond donors (Lipinski definition) is 2. The van der Waals surface area contributed by atoms with Gasteiger partial charge in [-0.15, -0.1) is 0 Å². The van der Waals surface area contributed by atoms with Gasteiger partial charge in [0.15, 0.2) is 34.2 Å². The molecule has 6 aromatic heterocycles. The molecule has 8 heterocycles. The van der Waals surface area contributed by atoms with Crippen LogP contribution in [0.1, 0.15) is 52.1 Å². The van der Waals surface area contributed by atoms with Crippen LogP contribution in [0.15, 0.2) is 156 Å². The summed E-state index contributed by atoms with van der Waals surface area (Å²) in [5.41, 5.74) is 8.53. The van der Waals surface area contributed by atoms with Crippen molar-refractivity contribution < 1.29 is 52.6 Å². The number of carboxylic acids is 1. The molecule has 3 N–H and O–H groups in total. The zero-order chi connectivity index (χ0) is 59.4. The van der Waals surface area contributed by atoms with Crippen LogP contribution in [-0.2, 0) is 29.0 Å².